The first-order chi connectivity index (χ1) is 11.4. The molecule has 2 atom stereocenters. The van der Waals surface area contributed by atoms with Crippen LogP contribution in [0.3, 0.4) is 0 Å². The van der Waals surface area contributed by atoms with Gasteiger partial charge in [0.2, 0.25) is 17.7 Å². The minimum absolute atomic E-state index is 0.312. The quantitative estimate of drug-likeness (QED) is 0.441. The first kappa shape index (κ1) is 19.4. The van der Waals surface area contributed by atoms with Gasteiger partial charge in [-0.15, -0.1) is 6.58 Å². The number of unbranched alkanes of at least 4 members (excludes halogenated alkanes) is 1. The number of nitrogens with two attached hydrogens (primary N) is 1. The molecule has 0 aliphatic rings. The van der Waals surface area contributed by atoms with Crippen molar-refractivity contribution in [3.05, 3.63) is 48.6 Å². The van der Waals surface area contributed by atoms with Crippen LogP contribution in [0.4, 0.5) is 0 Å². The van der Waals surface area contributed by atoms with Crippen molar-refractivity contribution in [2.24, 2.45) is 5.73 Å². The van der Waals surface area contributed by atoms with E-state index in [0.717, 1.165) is 12.0 Å². The molecule has 4 N–H and O–H groups in total. The van der Waals surface area contributed by atoms with Gasteiger partial charge in [0.25, 0.3) is 0 Å². The van der Waals surface area contributed by atoms with E-state index >= 15 is 0 Å². The monoisotopic (exact) mass is 331 g/mol. The van der Waals surface area contributed by atoms with E-state index in [0.29, 0.717) is 19.3 Å². The molecule has 0 aliphatic heterocycles. The van der Waals surface area contributed by atoms with E-state index in [1.165, 1.54) is 6.92 Å². The summed E-state index contributed by atoms with van der Waals surface area (Å²) in [6, 6.07) is 7.82. The molecule has 6 nitrogen and oxygen atoms in total. The van der Waals surface area contributed by atoms with Crippen LogP contribution in [-0.2, 0) is 20.8 Å². The van der Waals surface area contributed by atoms with Gasteiger partial charge < -0.3 is 16.4 Å². The molecule has 0 aliphatic carbocycles. The van der Waals surface area contributed by atoms with Crippen molar-refractivity contribution in [2.75, 3.05) is 0 Å². The average Bonchev–Trinajstić information content (AvgIpc) is 2.53. The molecule has 0 bridgehead atoms. The van der Waals surface area contributed by atoms with Gasteiger partial charge in [-0.05, 0) is 24.8 Å². The van der Waals surface area contributed by atoms with Crippen molar-refractivity contribution in [2.45, 2.75) is 44.7 Å². The van der Waals surface area contributed by atoms with Crippen molar-refractivity contribution in [3.63, 3.8) is 0 Å². The number of primary amides is 1. The van der Waals surface area contributed by atoms with Gasteiger partial charge in [0.05, 0.1) is 0 Å². The number of carbonyl (C=O) groups is 3. The van der Waals surface area contributed by atoms with Crippen molar-refractivity contribution < 1.29 is 14.4 Å². The topological polar surface area (TPSA) is 101 Å². The van der Waals surface area contributed by atoms with Crippen LogP contribution in [0.25, 0.3) is 0 Å². The summed E-state index contributed by atoms with van der Waals surface area (Å²) in [6.45, 7) is 4.97. The van der Waals surface area contributed by atoms with Crippen LogP contribution < -0.4 is 16.4 Å². The number of hydrogen-bond donors (Lipinski definition) is 3. The van der Waals surface area contributed by atoms with Gasteiger partial charge in [-0.1, -0.05) is 36.4 Å². The lowest BCUT2D eigenvalue weighted by molar-refractivity contribution is -0.130. The molecule has 0 aromatic heterocycles. The maximum atomic E-state index is 12.5. The Morgan fingerprint density at radius 2 is 1.83 bits per heavy atom. The van der Waals surface area contributed by atoms with E-state index in [9.17, 15) is 14.4 Å². The predicted octanol–water partition coefficient (Wildman–Crippen LogP) is 1.06. The Morgan fingerprint density at radius 1 is 1.17 bits per heavy atom. The molecule has 0 fully saturated rings. The van der Waals surface area contributed by atoms with Crippen molar-refractivity contribution in [1.29, 1.82) is 0 Å². The summed E-state index contributed by atoms with van der Waals surface area (Å²) in [7, 11) is 0. The molecule has 0 spiro atoms. The summed E-state index contributed by atoms with van der Waals surface area (Å²) in [5.41, 5.74) is 6.27. The highest BCUT2D eigenvalue weighted by Crippen LogP contribution is 2.06. The fraction of sp³-hybridized carbons (Fsp3) is 0.389. The van der Waals surface area contributed by atoms with Crippen molar-refractivity contribution in [3.8, 4) is 0 Å². The standard InChI is InChI=1S/C18H25N3O3/c1-3-4-6-11-15(17(19)23)21-18(24)16(20-13(2)22)12-14-9-7-5-8-10-14/h3,5,7-10,15-16H,1,4,6,11-12H2,2H3,(H2,19,23)(H,20,22)(H,21,24)/t15-,16-/m1/s1. The lowest BCUT2D eigenvalue weighted by atomic mass is 10.0. The van der Waals surface area contributed by atoms with Gasteiger partial charge in [0.15, 0.2) is 0 Å². The molecule has 130 valence electrons. The molecule has 0 radical (unpaired) electrons. The molecule has 0 saturated heterocycles. The van der Waals surface area contributed by atoms with Gasteiger partial charge in [0, 0.05) is 13.3 Å². The molecule has 24 heavy (non-hydrogen) atoms. The van der Waals surface area contributed by atoms with E-state index in [-0.39, 0.29) is 5.91 Å². The summed E-state index contributed by atoms with van der Waals surface area (Å²) in [5, 5.41) is 5.26. The zero-order valence-corrected chi connectivity index (χ0v) is 14.0. The fourth-order valence-electron chi connectivity index (χ4n) is 2.33. The largest absolute Gasteiger partial charge is 0.368 e. The van der Waals surface area contributed by atoms with Crippen LogP contribution in [0.5, 0.6) is 0 Å². The number of nitrogens with one attached hydrogen (secondary N) is 2. The number of amides is 3. The minimum atomic E-state index is -0.760. The van der Waals surface area contributed by atoms with E-state index in [1.54, 1.807) is 6.08 Å². The molecule has 1 rings (SSSR count). The molecule has 1 aromatic rings. The Bertz CT molecular complexity index is 572. The highest BCUT2D eigenvalue weighted by Gasteiger charge is 2.24. The first-order valence-corrected chi connectivity index (χ1v) is 7.95. The summed E-state index contributed by atoms with van der Waals surface area (Å²) in [6.07, 6.45) is 3.95. The summed E-state index contributed by atoms with van der Waals surface area (Å²) < 4.78 is 0. The Balaban J connectivity index is 2.76. The third kappa shape index (κ3) is 7.09. The second kappa shape index (κ2) is 10.2. The molecule has 3 amide bonds. The normalized spacial score (nSPS) is 12.7. The highest BCUT2D eigenvalue weighted by atomic mass is 16.2. The molecule has 0 heterocycles. The molecular formula is C18H25N3O3. The Kier molecular flexibility index (Phi) is 8.25. The van der Waals surface area contributed by atoms with Crippen LogP contribution in [-0.4, -0.2) is 29.8 Å². The number of allylic oxidation sites excluding steroid dienone is 1. The number of carbonyl (C=O) groups excluding carboxylic acids is 3. The van der Waals surface area contributed by atoms with Crippen LogP contribution in [0.1, 0.15) is 31.7 Å². The Morgan fingerprint density at radius 3 is 2.38 bits per heavy atom. The molecular weight excluding hydrogens is 306 g/mol. The van der Waals surface area contributed by atoms with Crippen molar-refractivity contribution in [1.82, 2.24) is 10.6 Å². The van der Waals surface area contributed by atoms with Gasteiger partial charge in [-0.2, -0.15) is 0 Å². The summed E-state index contributed by atoms with van der Waals surface area (Å²) in [4.78, 5) is 35.4. The summed E-state index contributed by atoms with van der Waals surface area (Å²) >= 11 is 0. The third-order valence-electron chi connectivity index (χ3n) is 3.54. The number of rotatable bonds is 10. The maximum absolute atomic E-state index is 12.5. The number of benzene rings is 1. The second-order valence-electron chi connectivity index (χ2n) is 5.63. The van der Waals surface area contributed by atoms with E-state index in [2.05, 4.69) is 17.2 Å². The number of hydrogen-bond acceptors (Lipinski definition) is 3. The van der Waals surface area contributed by atoms with Gasteiger partial charge in [-0.3, -0.25) is 14.4 Å². The van der Waals surface area contributed by atoms with Gasteiger partial charge >= 0.3 is 0 Å². The average molecular weight is 331 g/mol. The molecule has 0 saturated carbocycles. The van der Waals surface area contributed by atoms with E-state index in [4.69, 9.17) is 5.73 Å². The van der Waals surface area contributed by atoms with E-state index < -0.39 is 23.9 Å². The van der Waals surface area contributed by atoms with Crippen LogP contribution in [0.15, 0.2) is 43.0 Å². The Labute approximate surface area is 142 Å². The molecule has 1 aromatic carbocycles. The van der Waals surface area contributed by atoms with Crippen molar-refractivity contribution >= 4 is 17.7 Å². The van der Waals surface area contributed by atoms with Crippen LogP contribution in [0, 0.1) is 0 Å². The zero-order chi connectivity index (χ0) is 17.9. The van der Waals surface area contributed by atoms with Crippen LogP contribution >= 0.6 is 0 Å². The lowest BCUT2D eigenvalue weighted by Crippen LogP contribution is -2.53. The Hall–Kier alpha value is -2.63. The van der Waals surface area contributed by atoms with E-state index in [1.807, 2.05) is 30.3 Å². The molecule has 6 heteroatoms. The van der Waals surface area contributed by atoms with Gasteiger partial charge in [-0.25, -0.2) is 0 Å². The third-order valence-corrected chi connectivity index (χ3v) is 3.54. The SMILES string of the molecule is C=CCCC[C@@H](NC(=O)[C@@H](Cc1ccccc1)NC(C)=O)C(N)=O. The zero-order valence-electron chi connectivity index (χ0n) is 14.0. The van der Waals surface area contributed by atoms with Gasteiger partial charge in [0.1, 0.15) is 12.1 Å². The predicted molar refractivity (Wildman–Crippen MR) is 92.9 cm³/mol. The summed E-state index contributed by atoms with van der Waals surface area (Å²) in [5.74, 6) is -1.32. The lowest BCUT2D eigenvalue weighted by Gasteiger charge is -2.21. The minimum Gasteiger partial charge on any atom is -0.368 e. The fourth-order valence-corrected chi connectivity index (χ4v) is 2.33. The molecule has 0 unspecified atom stereocenters. The smallest absolute Gasteiger partial charge is 0.243 e. The maximum Gasteiger partial charge on any atom is 0.243 e. The first-order valence-electron chi connectivity index (χ1n) is 7.95. The highest BCUT2D eigenvalue weighted by molar-refractivity contribution is 5.91. The second-order valence-corrected chi connectivity index (χ2v) is 5.63. The van der Waals surface area contributed by atoms with Crippen LogP contribution in [0.2, 0.25) is 0 Å².